The monoisotopic (exact) mass is 375 g/mol. The molecule has 0 saturated heterocycles. The highest BCUT2D eigenvalue weighted by Crippen LogP contribution is 2.36. The van der Waals surface area contributed by atoms with E-state index in [-0.39, 0.29) is 30.3 Å². The van der Waals surface area contributed by atoms with E-state index in [1.54, 1.807) is 49.6 Å². The molecular formula is C20H25NO4S. The zero-order valence-electron chi connectivity index (χ0n) is 15.4. The minimum atomic E-state index is -3.98. The number of benzene rings is 1. The number of esters is 1. The fourth-order valence-electron chi connectivity index (χ4n) is 3.12. The maximum atomic E-state index is 13.6. The van der Waals surface area contributed by atoms with Crippen LogP contribution in [0.3, 0.4) is 0 Å². The summed E-state index contributed by atoms with van der Waals surface area (Å²) >= 11 is 0. The molecule has 1 aromatic carbocycles. The number of aromatic nitrogens is 1. The van der Waals surface area contributed by atoms with Crippen LogP contribution < -0.4 is 0 Å². The first kappa shape index (κ1) is 20.1. The molecule has 1 unspecified atom stereocenters. The van der Waals surface area contributed by atoms with E-state index in [4.69, 9.17) is 4.74 Å². The van der Waals surface area contributed by atoms with Crippen molar-refractivity contribution >= 4 is 15.8 Å². The third-order valence-corrected chi connectivity index (χ3v) is 6.57. The van der Waals surface area contributed by atoms with E-state index in [9.17, 15) is 13.2 Å². The first-order valence-electron chi connectivity index (χ1n) is 8.69. The summed E-state index contributed by atoms with van der Waals surface area (Å²) in [5, 5.41) is 0. The molecule has 140 valence electrons. The highest BCUT2D eigenvalue weighted by Gasteiger charge is 2.52. The van der Waals surface area contributed by atoms with E-state index >= 15 is 0 Å². The van der Waals surface area contributed by atoms with Gasteiger partial charge in [0.25, 0.3) is 0 Å². The Balaban J connectivity index is 2.66. The summed E-state index contributed by atoms with van der Waals surface area (Å²) in [5.74, 6) is -0.726. The molecular weight excluding hydrogens is 350 g/mol. The minimum absolute atomic E-state index is 0.0189. The van der Waals surface area contributed by atoms with Crippen molar-refractivity contribution in [1.29, 1.82) is 0 Å². The number of hydrogen-bond donors (Lipinski definition) is 0. The fraction of sp³-hybridized carbons (Fsp3) is 0.400. The third-order valence-electron chi connectivity index (χ3n) is 4.17. The van der Waals surface area contributed by atoms with E-state index in [1.807, 2.05) is 13.8 Å². The molecule has 0 radical (unpaired) electrons. The number of nitrogens with zero attached hydrogens (tertiary/aromatic N) is 1. The summed E-state index contributed by atoms with van der Waals surface area (Å²) in [4.78, 5) is 17.2. The van der Waals surface area contributed by atoms with Gasteiger partial charge >= 0.3 is 5.97 Å². The van der Waals surface area contributed by atoms with Crippen LogP contribution in [0.25, 0.3) is 0 Å². The average molecular weight is 375 g/mol. The van der Waals surface area contributed by atoms with Gasteiger partial charge in [0.05, 0.1) is 11.5 Å². The third kappa shape index (κ3) is 4.12. The standard InChI is InChI=1S/C20H25NO4S/c1-4-25-19(22)20(13-16(2)3,14-17-9-8-12-21-15-17)26(23,24)18-10-6-5-7-11-18/h5-12,15-16H,4,13-14H2,1-3H3. The lowest BCUT2D eigenvalue weighted by Gasteiger charge is -2.32. The first-order valence-corrected chi connectivity index (χ1v) is 10.2. The van der Waals surface area contributed by atoms with Crippen LogP contribution in [0.1, 0.15) is 32.8 Å². The predicted octanol–water partition coefficient (Wildman–Crippen LogP) is 3.45. The van der Waals surface area contributed by atoms with Crippen molar-refractivity contribution in [2.45, 2.75) is 43.3 Å². The second kappa shape index (κ2) is 8.45. The van der Waals surface area contributed by atoms with E-state index in [1.165, 1.54) is 12.1 Å². The first-order chi connectivity index (χ1) is 12.3. The zero-order valence-corrected chi connectivity index (χ0v) is 16.2. The van der Waals surface area contributed by atoms with Gasteiger partial charge in [0.15, 0.2) is 14.6 Å². The summed E-state index contributed by atoms with van der Waals surface area (Å²) in [6.07, 6.45) is 3.39. The van der Waals surface area contributed by atoms with Crippen molar-refractivity contribution in [1.82, 2.24) is 4.98 Å². The van der Waals surface area contributed by atoms with Gasteiger partial charge in [0.1, 0.15) is 0 Å². The van der Waals surface area contributed by atoms with E-state index in [0.717, 1.165) is 0 Å². The molecule has 0 amide bonds. The molecule has 2 aromatic rings. The van der Waals surface area contributed by atoms with Crippen molar-refractivity contribution in [3.05, 3.63) is 60.4 Å². The van der Waals surface area contributed by atoms with Gasteiger partial charge < -0.3 is 4.74 Å². The van der Waals surface area contributed by atoms with Gasteiger partial charge in [-0.1, -0.05) is 38.1 Å². The average Bonchev–Trinajstić information content (AvgIpc) is 2.62. The lowest BCUT2D eigenvalue weighted by molar-refractivity contribution is -0.146. The molecule has 0 spiro atoms. The van der Waals surface area contributed by atoms with E-state index < -0.39 is 20.6 Å². The molecule has 2 rings (SSSR count). The largest absolute Gasteiger partial charge is 0.465 e. The van der Waals surface area contributed by atoms with Crippen LogP contribution in [0.4, 0.5) is 0 Å². The molecule has 0 aliphatic heterocycles. The zero-order chi connectivity index (χ0) is 19.2. The summed E-state index contributed by atoms with van der Waals surface area (Å²) in [6.45, 7) is 5.60. The van der Waals surface area contributed by atoms with Crippen molar-refractivity contribution in [2.75, 3.05) is 6.61 Å². The number of carbonyl (C=O) groups excluding carboxylic acids is 1. The van der Waals surface area contributed by atoms with Crippen molar-refractivity contribution < 1.29 is 17.9 Å². The van der Waals surface area contributed by atoms with E-state index in [0.29, 0.717) is 5.56 Å². The Kier molecular flexibility index (Phi) is 6.53. The second-order valence-electron chi connectivity index (χ2n) is 6.67. The van der Waals surface area contributed by atoms with Crippen LogP contribution in [0, 0.1) is 5.92 Å². The summed E-state index contributed by atoms with van der Waals surface area (Å²) < 4.78 is 30.7. The lowest BCUT2D eigenvalue weighted by Crippen LogP contribution is -2.50. The van der Waals surface area contributed by atoms with Crippen LogP contribution in [-0.2, 0) is 25.8 Å². The Labute approximate surface area is 155 Å². The normalized spacial score (nSPS) is 14.0. The second-order valence-corrected chi connectivity index (χ2v) is 8.93. The Morgan fingerprint density at radius 2 is 1.85 bits per heavy atom. The molecule has 0 N–H and O–H groups in total. The molecule has 1 heterocycles. The smallest absolute Gasteiger partial charge is 0.328 e. The number of rotatable bonds is 8. The van der Waals surface area contributed by atoms with Crippen LogP contribution in [-0.4, -0.2) is 30.7 Å². The Morgan fingerprint density at radius 3 is 2.38 bits per heavy atom. The Hall–Kier alpha value is -2.21. The van der Waals surface area contributed by atoms with Gasteiger partial charge in [-0.3, -0.25) is 9.78 Å². The van der Waals surface area contributed by atoms with Crippen LogP contribution in [0.2, 0.25) is 0 Å². The van der Waals surface area contributed by atoms with Gasteiger partial charge in [-0.05, 0) is 43.0 Å². The Morgan fingerprint density at radius 1 is 1.15 bits per heavy atom. The summed E-state index contributed by atoms with van der Waals surface area (Å²) in [7, 11) is -3.98. The van der Waals surface area contributed by atoms with Crippen molar-refractivity contribution in [3.63, 3.8) is 0 Å². The molecule has 6 heteroatoms. The molecule has 26 heavy (non-hydrogen) atoms. The van der Waals surface area contributed by atoms with Gasteiger partial charge in [0.2, 0.25) is 0 Å². The van der Waals surface area contributed by atoms with Gasteiger partial charge in [-0.15, -0.1) is 0 Å². The van der Waals surface area contributed by atoms with E-state index in [2.05, 4.69) is 4.98 Å². The van der Waals surface area contributed by atoms with Gasteiger partial charge in [0, 0.05) is 18.8 Å². The molecule has 0 aliphatic carbocycles. The lowest BCUT2D eigenvalue weighted by atomic mass is 9.90. The maximum Gasteiger partial charge on any atom is 0.328 e. The van der Waals surface area contributed by atoms with Crippen molar-refractivity contribution in [2.24, 2.45) is 5.92 Å². The predicted molar refractivity (Wildman–Crippen MR) is 100 cm³/mol. The summed E-state index contributed by atoms with van der Waals surface area (Å²) in [5.41, 5.74) is 0.681. The Bertz CT molecular complexity index is 819. The van der Waals surface area contributed by atoms with Gasteiger partial charge in [-0.2, -0.15) is 0 Å². The molecule has 1 aromatic heterocycles. The minimum Gasteiger partial charge on any atom is -0.465 e. The van der Waals surface area contributed by atoms with Crippen LogP contribution in [0.15, 0.2) is 59.8 Å². The van der Waals surface area contributed by atoms with Gasteiger partial charge in [-0.25, -0.2) is 8.42 Å². The molecule has 0 aliphatic rings. The number of ether oxygens (including phenoxy) is 1. The van der Waals surface area contributed by atoms with Crippen LogP contribution >= 0.6 is 0 Å². The number of hydrogen-bond acceptors (Lipinski definition) is 5. The molecule has 5 nitrogen and oxygen atoms in total. The quantitative estimate of drug-likeness (QED) is 0.661. The van der Waals surface area contributed by atoms with Crippen molar-refractivity contribution in [3.8, 4) is 0 Å². The molecule has 1 atom stereocenters. The molecule has 0 bridgehead atoms. The number of pyridine rings is 1. The SMILES string of the molecule is CCOC(=O)C(Cc1cccnc1)(CC(C)C)S(=O)(=O)c1ccccc1. The topological polar surface area (TPSA) is 73.3 Å². The highest BCUT2D eigenvalue weighted by molar-refractivity contribution is 7.93. The number of carbonyl (C=O) groups is 1. The van der Waals surface area contributed by atoms with Crippen LogP contribution in [0.5, 0.6) is 0 Å². The highest BCUT2D eigenvalue weighted by atomic mass is 32.2. The molecule has 0 fully saturated rings. The fourth-order valence-corrected chi connectivity index (χ4v) is 5.28. The number of sulfone groups is 1. The molecule has 0 saturated carbocycles. The summed E-state index contributed by atoms with van der Waals surface area (Å²) in [6, 6.07) is 11.6. The maximum absolute atomic E-state index is 13.6.